The number of fused-ring (bicyclic) bond motifs is 1. The Hall–Kier alpha value is -1.58. The Bertz CT molecular complexity index is 409. The summed E-state index contributed by atoms with van der Waals surface area (Å²) in [5.41, 5.74) is 0.819. The van der Waals surface area contributed by atoms with Crippen molar-refractivity contribution in [1.82, 2.24) is 15.0 Å². The first-order valence-electron chi connectivity index (χ1n) is 4.67. The van der Waals surface area contributed by atoms with Gasteiger partial charge in [0.15, 0.2) is 0 Å². The third-order valence-electron chi connectivity index (χ3n) is 1.69. The van der Waals surface area contributed by atoms with Crippen LogP contribution in [0.3, 0.4) is 0 Å². The number of hydrogen-bond donors (Lipinski definition) is 1. The Labute approximate surface area is 83.3 Å². The highest BCUT2D eigenvalue weighted by Gasteiger charge is 2.05. The Morgan fingerprint density at radius 1 is 1.29 bits per heavy atom. The molecule has 2 heterocycles. The molecule has 0 fully saturated rings. The van der Waals surface area contributed by atoms with Crippen molar-refractivity contribution in [2.75, 3.05) is 7.11 Å². The summed E-state index contributed by atoms with van der Waals surface area (Å²) in [5, 5.41) is 0.920. The maximum atomic E-state index is 5.10. The number of aromatic amines is 1. The molecule has 0 radical (unpaired) electrons. The van der Waals surface area contributed by atoms with Gasteiger partial charge in [-0.25, -0.2) is 4.98 Å². The second-order valence-electron chi connectivity index (χ2n) is 2.52. The summed E-state index contributed by atoms with van der Waals surface area (Å²) >= 11 is 0. The van der Waals surface area contributed by atoms with Crippen molar-refractivity contribution >= 4 is 11.0 Å². The van der Waals surface area contributed by atoms with E-state index in [0.29, 0.717) is 11.7 Å². The molecule has 14 heavy (non-hydrogen) atoms. The molecule has 0 amide bonds. The van der Waals surface area contributed by atoms with Crippen LogP contribution in [0, 0.1) is 6.92 Å². The molecule has 4 heteroatoms. The van der Waals surface area contributed by atoms with Crippen molar-refractivity contribution in [1.29, 1.82) is 0 Å². The summed E-state index contributed by atoms with van der Waals surface area (Å²) in [5.74, 6) is 1.33. The quantitative estimate of drug-likeness (QED) is 0.756. The van der Waals surface area contributed by atoms with Gasteiger partial charge >= 0.3 is 0 Å². The van der Waals surface area contributed by atoms with E-state index in [9.17, 15) is 0 Å². The van der Waals surface area contributed by atoms with Crippen LogP contribution in [0.4, 0.5) is 0 Å². The summed E-state index contributed by atoms with van der Waals surface area (Å²) in [4.78, 5) is 11.3. The largest absolute Gasteiger partial charge is 0.480 e. The van der Waals surface area contributed by atoms with Crippen LogP contribution in [0.25, 0.3) is 11.0 Å². The van der Waals surface area contributed by atoms with Gasteiger partial charge in [0.05, 0.1) is 12.5 Å². The van der Waals surface area contributed by atoms with E-state index < -0.39 is 0 Å². The minimum Gasteiger partial charge on any atom is -0.480 e. The Balaban J connectivity index is 0.000000461. The molecular weight excluding hydrogens is 178 g/mol. The van der Waals surface area contributed by atoms with Crippen molar-refractivity contribution in [3.05, 3.63) is 18.1 Å². The van der Waals surface area contributed by atoms with Gasteiger partial charge in [-0.1, -0.05) is 13.8 Å². The number of nitrogens with one attached hydrogen (secondary N) is 1. The molecule has 2 rings (SSSR count). The Kier molecular flexibility index (Phi) is 3.45. The molecular formula is C10H15N3O. The minimum absolute atomic E-state index is 0.624. The molecule has 0 saturated carbocycles. The van der Waals surface area contributed by atoms with Crippen LogP contribution in [-0.4, -0.2) is 22.1 Å². The van der Waals surface area contributed by atoms with Gasteiger partial charge in [0.25, 0.3) is 0 Å². The molecule has 2 aromatic rings. The van der Waals surface area contributed by atoms with Crippen LogP contribution < -0.4 is 4.74 Å². The van der Waals surface area contributed by atoms with Gasteiger partial charge in [-0.05, 0) is 13.0 Å². The molecule has 1 N–H and O–H groups in total. The lowest BCUT2D eigenvalue weighted by atomic mass is 10.4. The van der Waals surface area contributed by atoms with E-state index in [0.717, 1.165) is 11.0 Å². The van der Waals surface area contributed by atoms with Crippen molar-refractivity contribution in [3.63, 3.8) is 0 Å². The molecule has 0 bridgehead atoms. The van der Waals surface area contributed by atoms with E-state index in [2.05, 4.69) is 15.0 Å². The normalized spacial score (nSPS) is 9.43. The average Bonchev–Trinajstić information content (AvgIpc) is 2.67. The van der Waals surface area contributed by atoms with Gasteiger partial charge in [-0.15, -0.1) is 0 Å². The van der Waals surface area contributed by atoms with E-state index in [1.165, 1.54) is 0 Å². The van der Waals surface area contributed by atoms with Crippen LogP contribution in [0.2, 0.25) is 0 Å². The Morgan fingerprint density at radius 2 is 2.00 bits per heavy atom. The van der Waals surface area contributed by atoms with Crippen molar-refractivity contribution in [2.24, 2.45) is 0 Å². The number of hydrogen-bond acceptors (Lipinski definition) is 3. The number of rotatable bonds is 1. The second-order valence-corrected chi connectivity index (χ2v) is 2.52. The zero-order valence-electron chi connectivity index (χ0n) is 8.96. The first kappa shape index (κ1) is 10.5. The fourth-order valence-corrected chi connectivity index (χ4v) is 1.18. The lowest BCUT2D eigenvalue weighted by molar-refractivity contribution is 0.401. The van der Waals surface area contributed by atoms with Gasteiger partial charge in [0.1, 0.15) is 11.5 Å². The third-order valence-corrected chi connectivity index (χ3v) is 1.69. The van der Waals surface area contributed by atoms with Gasteiger partial charge < -0.3 is 9.72 Å². The number of ether oxygens (including phenoxy) is 1. The number of aromatic nitrogens is 3. The van der Waals surface area contributed by atoms with Crippen molar-refractivity contribution in [3.8, 4) is 5.88 Å². The van der Waals surface area contributed by atoms with E-state index in [1.54, 1.807) is 7.11 Å². The van der Waals surface area contributed by atoms with Gasteiger partial charge in [0.2, 0.25) is 5.88 Å². The summed E-state index contributed by atoms with van der Waals surface area (Å²) in [6.45, 7) is 5.84. The van der Waals surface area contributed by atoms with Crippen LogP contribution in [-0.2, 0) is 0 Å². The highest BCUT2D eigenvalue weighted by molar-refractivity contribution is 5.80. The van der Waals surface area contributed by atoms with Crippen molar-refractivity contribution in [2.45, 2.75) is 20.8 Å². The first-order chi connectivity index (χ1) is 6.81. The molecule has 0 unspecified atom stereocenters. The van der Waals surface area contributed by atoms with Crippen LogP contribution in [0.1, 0.15) is 19.7 Å². The third kappa shape index (κ3) is 1.84. The standard InChI is InChI=1S/C8H9N3O.C2H6/c1-5-10-7-6(3-4-9-7)8(11-5)12-2;1-2/h3-4H,1-2H3,(H,9,10,11);1-2H3. The summed E-state index contributed by atoms with van der Waals surface area (Å²) in [7, 11) is 1.61. The predicted octanol–water partition coefficient (Wildman–Crippen LogP) is 2.30. The van der Waals surface area contributed by atoms with Crippen LogP contribution in [0.15, 0.2) is 12.3 Å². The number of nitrogens with zero attached hydrogens (tertiary/aromatic N) is 2. The van der Waals surface area contributed by atoms with Gasteiger partial charge in [0, 0.05) is 6.20 Å². The fourth-order valence-electron chi connectivity index (χ4n) is 1.18. The number of aryl methyl sites for hydroxylation is 1. The minimum atomic E-state index is 0.624. The lowest BCUT2D eigenvalue weighted by Crippen LogP contribution is -1.93. The highest BCUT2D eigenvalue weighted by Crippen LogP contribution is 2.20. The lowest BCUT2D eigenvalue weighted by Gasteiger charge is -2.00. The maximum Gasteiger partial charge on any atom is 0.226 e. The summed E-state index contributed by atoms with van der Waals surface area (Å²) in [6, 6.07) is 1.90. The highest BCUT2D eigenvalue weighted by atomic mass is 16.5. The maximum absolute atomic E-state index is 5.10. The molecule has 4 nitrogen and oxygen atoms in total. The summed E-state index contributed by atoms with van der Waals surface area (Å²) < 4.78 is 5.10. The molecule has 0 saturated heterocycles. The molecule has 0 aliphatic carbocycles. The average molecular weight is 193 g/mol. The smallest absolute Gasteiger partial charge is 0.226 e. The second kappa shape index (κ2) is 4.60. The monoisotopic (exact) mass is 193 g/mol. The number of methoxy groups -OCH3 is 1. The van der Waals surface area contributed by atoms with Gasteiger partial charge in [-0.3, -0.25) is 0 Å². The molecule has 0 aliphatic heterocycles. The van der Waals surface area contributed by atoms with E-state index in [-0.39, 0.29) is 0 Å². The van der Waals surface area contributed by atoms with E-state index in [1.807, 2.05) is 33.0 Å². The fraction of sp³-hybridized carbons (Fsp3) is 0.400. The van der Waals surface area contributed by atoms with Crippen molar-refractivity contribution < 1.29 is 4.74 Å². The van der Waals surface area contributed by atoms with E-state index in [4.69, 9.17) is 4.74 Å². The molecule has 2 aromatic heterocycles. The zero-order chi connectivity index (χ0) is 10.6. The Morgan fingerprint density at radius 3 is 2.64 bits per heavy atom. The topological polar surface area (TPSA) is 50.8 Å². The first-order valence-corrected chi connectivity index (χ1v) is 4.67. The molecule has 76 valence electrons. The molecule has 0 spiro atoms. The van der Waals surface area contributed by atoms with Crippen LogP contribution in [0.5, 0.6) is 5.88 Å². The zero-order valence-corrected chi connectivity index (χ0v) is 8.96. The van der Waals surface area contributed by atoms with Crippen LogP contribution >= 0.6 is 0 Å². The molecule has 0 atom stereocenters. The molecule has 0 aromatic carbocycles. The van der Waals surface area contributed by atoms with E-state index >= 15 is 0 Å². The SMILES string of the molecule is CC.COc1nc(C)nc2[nH]ccc12. The number of H-pyrrole nitrogens is 1. The van der Waals surface area contributed by atoms with Gasteiger partial charge in [-0.2, -0.15) is 4.98 Å². The molecule has 0 aliphatic rings. The predicted molar refractivity (Wildman–Crippen MR) is 56.5 cm³/mol. The summed E-state index contributed by atoms with van der Waals surface area (Å²) in [6.07, 6.45) is 1.82.